The van der Waals surface area contributed by atoms with Crippen LogP contribution < -0.4 is 5.32 Å². The van der Waals surface area contributed by atoms with Gasteiger partial charge in [0.15, 0.2) is 0 Å². The van der Waals surface area contributed by atoms with Crippen molar-refractivity contribution in [3.8, 4) is 0 Å². The molecule has 1 heterocycles. The predicted molar refractivity (Wildman–Crippen MR) is 93.0 cm³/mol. The summed E-state index contributed by atoms with van der Waals surface area (Å²) in [5.41, 5.74) is 2.62. The summed E-state index contributed by atoms with van der Waals surface area (Å²) in [7, 11) is 0. The summed E-state index contributed by atoms with van der Waals surface area (Å²) in [6.07, 6.45) is 4.74. The van der Waals surface area contributed by atoms with E-state index in [0.717, 1.165) is 24.0 Å². The average molecular weight is 307 g/mol. The molecule has 2 nitrogen and oxygen atoms in total. The molecule has 0 fully saturated rings. The van der Waals surface area contributed by atoms with Crippen LogP contribution in [0.3, 0.4) is 0 Å². The Bertz CT molecular complexity index is 582. The second-order valence-corrected chi connectivity index (χ2v) is 6.62. The van der Waals surface area contributed by atoms with Gasteiger partial charge in [-0.05, 0) is 23.6 Å². The van der Waals surface area contributed by atoms with Gasteiger partial charge in [-0.3, -0.25) is 0 Å². The maximum absolute atomic E-state index is 6.20. The minimum atomic E-state index is 0.495. The Labute approximate surface area is 133 Å². The molecule has 0 bridgehead atoms. The molecule has 21 heavy (non-hydrogen) atoms. The first-order chi connectivity index (χ1) is 10.0. The molecule has 1 N–H and O–H groups in total. The van der Waals surface area contributed by atoms with Crippen molar-refractivity contribution in [3.63, 3.8) is 0 Å². The third-order valence-corrected chi connectivity index (χ3v) is 4.47. The van der Waals surface area contributed by atoms with E-state index >= 15 is 0 Å². The Morgan fingerprint density at radius 3 is 2.52 bits per heavy atom. The van der Waals surface area contributed by atoms with Crippen LogP contribution in [0.15, 0.2) is 24.4 Å². The molecule has 3 heteroatoms. The number of rotatable bonds is 7. The van der Waals surface area contributed by atoms with E-state index in [2.05, 4.69) is 55.9 Å². The van der Waals surface area contributed by atoms with Gasteiger partial charge < -0.3 is 9.88 Å². The van der Waals surface area contributed by atoms with Gasteiger partial charge in [0.05, 0.1) is 0 Å². The molecule has 2 aromatic rings. The van der Waals surface area contributed by atoms with E-state index in [1.807, 2.05) is 6.07 Å². The standard InChI is InChI=1S/C18H27ClN2/c1-5-14(6-2)11-21-12-15(10-20-13(3)4)17-8-7-16(19)9-18(17)21/h7-9,12-14,20H,5-6,10-11H2,1-4H3. The SMILES string of the molecule is CCC(CC)Cn1cc(CNC(C)C)c2ccc(Cl)cc21. The van der Waals surface area contributed by atoms with E-state index in [1.54, 1.807) is 0 Å². The van der Waals surface area contributed by atoms with Crippen LogP contribution in [-0.2, 0) is 13.1 Å². The number of nitrogens with one attached hydrogen (secondary N) is 1. The van der Waals surface area contributed by atoms with Crippen molar-refractivity contribution in [2.45, 2.75) is 59.7 Å². The largest absolute Gasteiger partial charge is 0.347 e. The van der Waals surface area contributed by atoms with E-state index in [9.17, 15) is 0 Å². The van der Waals surface area contributed by atoms with Gasteiger partial charge in [-0.15, -0.1) is 0 Å². The highest BCUT2D eigenvalue weighted by Gasteiger charge is 2.12. The van der Waals surface area contributed by atoms with Crippen LogP contribution in [0.1, 0.15) is 46.1 Å². The topological polar surface area (TPSA) is 17.0 Å². The highest BCUT2D eigenvalue weighted by molar-refractivity contribution is 6.31. The third kappa shape index (κ3) is 4.02. The minimum Gasteiger partial charge on any atom is -0.347 e. The first-order valence-electron chi connectivity index (χ1n) is 8.05. The molecule has 116 valence electrons. The molecule has 0 saturated heterocycles. The van der Waals surface area contributed by atoms with Crippen molar-refractivity contribution in [1.29, 1.82) is 0 Å². The van der Waals surface area contributed by atoms with Crippen molar-refractivity contribution in [2.75, 3.05) is 0 Å². The van der Waals surface area contributed by atoms with E-state index in [-0.39, 0.29) is 0 Å². The van der Waals surface area contributed by atoms with Crippen LogP contribution in [0, 0.1) is 5.92 Å². The lowest BCUT2D eigenvalue weighted by molar-refractivity contribution is 0.424. The monoisotopic (exact) mass is 306 g/mol. The fourth-order valence-electron chi connectivity index (χ4n) is 2.77. The van der Waals surface area contributed by atoms with E-state index < -0.39 is 0 Å². The summed E-state index contributed by atoms with van der Waals surface area (Å²) in [6, 6.07) is 6.73. The molecule has 1 aromatic heterocycles. The number of benzene rings is 1. The smallest absolute Gasteiger partial charge is 0.0498 e. The van der Waals surface area contributed by atoms with Crippen molar-refractivity contribution >= 4 is 22.5 Å². The maximum Gasteiger partial charge on any atom is 0.0498 e. The lowest BCUT2D eigenvalue weighted by Gasteiger charge is -2.14. The first-order valence-corrected chi connectivity index (χ1v) is 8.43. The van der Waals surface area contributed by atoms with Crippen molar-refractivity contribution in [2.24, 2.45) is 5.92 Å². The Morgan fingerprint density at radius 1 is 1.19 bits per heavy atom. The van der Waals surface area contributed by atoms with Crippen LogP contribution in [0.5, 0.6) is 0 Å². The van der Waals surface area contributed by atoms with Gasteiger partial charge in [0.25, 0.3) is 0 Å². The number of hydrogen-bond acceptors (Lipinski definition) is 1. The number of fused-ring (bicyclic) bond motifs is 1. The zero-order chi connectivity index (χ0) is 15.4. The molecular formula is C18H27ClN2. The van der Waals surface area contributed by atoms with Crippen LogP contribution >= 0.6 is 11.6 Å². The summed E-state index contributed by atoms with van der Waals surface area (Å²) in [4.78, 5) is 0. The normalized spacial score (nSPS) is 12.0. The minimum absolute atomic E-state index is 0.495. The Kier molecular flexibility index (Phi) is 5.72. The van der Waals surface area contributed by atoms with Crippen LogP contribution in [0.2, 0.25) is 5.02 Å². The number of aromatic nitrogens is 1. The molecule has 0 radical (unpaired) electrons. The molecule has 0 spiro atoms. The number of nitrogens with zero attached hydrogens (tertiary/aromatic N) is 1. The van der Waals surface area contributed by atoms with E-state index in [1.165, 1.54) is 29.3 Å². The molecule has 0 unspecified atom stereocenters. The molecule has 0 saturated carbocycles. The molecule has 0 aliphatic carbocycles. The summed E-state index contributed by atoms with van der Waals surface area (Å²) >= 11 is 6.20. The van der Waals surface area contributed by atoms with Gasteiger partial charge >= 0.3 is 0 Å². The molecule has 2 rings (SSSR count). The van der Waals surface area contributed by atoms with E-state index in [0.29, 0.717) is 6.04 Å². The Hall–Kier alpha value is -0.990. The van der Waals surface area contributed by atoms with Crippen molar-refractivity contribution < 1.29 is 0 Å². The highest BCUT2D eigenvalue weighted by atomic mass is 35.5. The van der Waals surface area contributed by atoms with Crippen molar-refractivity contribution in [1.82, 2.24) is 9.88 Å². The van der Waals surface area contributed by atoms with Gasteiger partial charge in [0.1, 0.15) is 0 Å². The first kappa shape index (κ1) is 16.4. The van der Waals surface area contributed by atoms with Gasteiger partial charge in [-0.25, -0.2) is 0 Å². The molecule has 0 aliphatic rings. The maximum atomic E-state index is 6.20. The van der Waals surface area contributed by atoms with Gasteiger partial charge in [0.2, 0.25) is 0 Å². The lowest BCUT2D eigenvalue weighted by Crippen LogP contribution is -2.21. The summed E-state index contributed by atoms with van der Waals surface area (Å²) in [5.74, 6) is 0.727. The summed E-state index contributed by atoms with van der Waals surface area (Å²) in [6.45, 7) is 10.9. The van der Waals surface area contributed by atoms with Gasteiger partial charge in [0, 0.05) is 41.3 Å². The molecule has 1 aromatic carbocycles. The molecule has 0 aliphatic heterocycles. The van der Waals surface area contributed by atoms with Crippen LogP contribution in [-0.4, -0.2) is 10.6 Å². The van der Waals surface area contributed by atoms with Crippen LogP contribution in [0.25, 0.3) is 10.9 Å². The second kappa shape index (κ2) is 7.33. The predicted octanol–water partition coefficient (Wildman–Crippen LogP) is 5.23. The molecular weight excluding hydrogens is 280 g/mol. The van der Waals surface area contributed by atoms with E-state index in [4.69, 9.17) is 11.6 Å². The van der Waals surface area contributed by atoms with Crippen molar-refractivity contribution in [3.05, 3.63) is 35.0 Å². The van der Waals surface area contributed by atoms with Crippen LogP contribution in [0.4, 0.5) is 0 Å². The Morgan fingerprint density at radius 2 is 1.90 bits per heavy atom. The Balaban J connectivity index is 2.37. The fraction of sp³-hybridized carbons (Fsp3) is 0.556. The highest BCUT2D eigenvalue weighted by Crippen LogP contribution is 2.26. The number of halogens is 1. The fourth-order valence-corrected chi connectivity index (χ4v) is 2.94. The summed E-state index contributed by atoms with van der Waals surface area (Å²) < 4.78 is 2.39. The zero-order valence-electron chi connectivity index (χ0n) is 13.6. The quantitative estimate of drug-likeness (QED) is 0.741. The average Bonchev–Trinajstić information content (AvgIpc) is 2.79. The third-order valence-electron chi connectivity index (χ3n) is 4.24. The van der Waals surface area contributed by atoms with Gasteiger partial charge in [-0.1, -0.05) is 58.2 Å². The second-order valence-electron chi connectivity index (χ2n) is 6.19. The molecule has 0 amide bonds. The zero-order valence-corrected chi connectivity index (χ0v) is 14.4. The molecule has 0 atom stereocenters. The summed E-state index contributed by atoms with van der Waals surface area (Å²) in [5, 5.41) is 5.65. The van der Waals surface area contributed by atoms with Gasteiger partial charge in [-0.2, -0.15) is 0 Å². The lowest BCUT2D eigenvalue weighted by atomic mass is 10.0. The number of hydrogen-bond donors (Lipinski definition) is 1.